The number of anilines is 1. The van der Waals surface area contributed by atoms with Crippen molar-refractivity contribution in [3.05, 3.63) is 77.1 Å². The zero-order chi connectivity index (χ0) is 33.3. The maximum absolute atomic E-state index is 13.9. The fourth-order valence-electron chi connectivity index (χ4n) is 4.88. The van der Waals surface area contributed by atoms with E-state index < -0.39 is 39.9 Å². The third-order valence-electron chi connectivity index (χ3n) is 7.21. The second-order valence-corrected chi connectivity index (χ2v) is 12.1. The topological polar surface area (TPSA) is 177 Å². The van der Waals surface area contributed by atoms with E-state index in [1.165, 1.54) is 6.07 Å². The number of carbonyl (C=O) groups excluding carboxylic acids is 2. The van der Waals surface area contributed by atoms with Crippen LogP contribution in [0.3, 0.4) is 0 Å². The molecule has 4 rings (SSSR count). The molecule has 3 aromatic rings. The summed E-state index contributed by atoms with van der Waals surface area (Å²) in [5.74, 6) is -2.25. The highest BCUT2D eigenvalue weighted by Crippen LogP contribution is 2.33. The Morgan fingerprint density at radius 3 is 2.17 bits per heavy atom. The number of benzene rings is 2. The average molecular weight is 660 g/mol. The van der Waals surface area contributed by atoms with Gasteiger partial charge in [0.15, 0.2) is 0 Å². The fourth-order valence-corrected chi connectivity index (χ4v) is 5.24. The molecule has 1 fully saturated rings. The molecule has 4 N–H and O–H groups in total. The van der Waals surface area contributed by atoms with Crippen LogP contribution in [0.25, 0.3) is 11.3 Å². The summed E-state index contributed by atoms with van der Waals surface area (Å²) < 4.78 is 71.7. The minimum atomic E-state index is -4.82. The molecule has 0 saturated carbocycles. The van der Waals surface area contributed by atoms with Crippen molar-refractivity contribution in [2.75, 3.05) is 36.8 Å². The lowest BCUT2D eigenvalue weighted by Gasteiger charge is -2.26. The highest BCUT2D eigenvalue weighted by atomic mass is 32.2. The first-order chi connectivity index (χ1) is 21.8. The van der Waals surface area contributed by atoms with Gasteiger partial charge < -0.3 is 20.9 Å². The Hall–Kier alpha value is -4.75. The number of halogens is 3. The van der Waals surface area contributed by atoms with Crippen LogP contribution in [0.15, 0.2) is 54.6 Å². The number of urea groups is 1. The Labute approximate surface area is 263 Å². The Bertz CT molecular complexity index is 1680. The molecule has 1 unspecified atom stereocenters. The SMILES string of the molecule is N#Cc1ccc(CCNC(=O)C2CCCN2c2cc(-c3ccc(CCNC(=O)NCCS(=O)(=O)O)cc3)nc(C(F)(F)F)n2)cc1. The molecule has 1 saturated heterocycles. The summed E-state index contributed by atoms with van der Waals surface area (Å²) in [6, 6.07) is 15.7. The Balaban J connectivity index is 1.41. The summed E-state index contributed by atoms with van der Waals surface area (Å²) in [5, 5.41) is 16.6. The van der Waals surface area contributed by atoms with Crippen LogP contribution in [-0.4, -0.2) is 72.9 Å². The van der Waals surface area contributed by atoms with Crippen LogP contribution in [-0.2, 0) is 33.9 Å². The third-order valence-corrected chi connectivity index (χ3v) is 7.93. The van der Waals surface area contributed by atoms with Gasteiger partial charge in [-0.3, -0.25) is 9.35 Å². The van der Waals surface area contributed by atoms with Crippen molar-refractivity contribution in [1.29, 1.82) is 5.26 Å². The zero-order valence-corrected chi connectivity index (χ0v) is 25.4. The number of carbonyl (C=O) groups is 2. The van der Waals surface area contributed by atoms with Crippen LogP contribution in [0, 0.1) is 11.3 Å². The largest absolute Gasteiger partial charge is 0.451 e. The van der Waals surface area contributed by atoms with Gasteiger partial charge in [0.05, 0.1) is 23.1 Å². The van der Waals surface area contributed by atoms with Gasteiger partial charge in [0.2, 0.25) is 11.7 Å². The summed E-state index contributed by atoms with van der Waals surface area (Å²) >= 11 is 0. The molecule has 1 atom stereocenters. The van der Waals surface area contributed by atoms with E-state index in [0.29, 0.717) is 49.9 Å². The van der Waals surface area contributed by atoms with E-state index in [-0.39, 0.29) is 30.5 Å². The van der Waals surface area contributed by atoms with Gasteiger partial charge in [0.25, 0.3) is 10.1 Å². The van der Waals surface area contributed by atoms with E-state index in [4.69, 9.17) is 9.81 Å². The zero-order valence-electron chi connectivity index (χ0n) is 24.5. The summed E-state index contributed by atoms with van der Waals surface area (Å²) in [7, 11) is -4.19. The van der Waals surface area contributed by atoms with Gasteiger partial charge >= 0.3 is 12.2 Å². The first kappa shape index (κ1) is 34.1. The molecule has 2 heterocycles. The van der Waals surface area contributed by atoms with Crippen molar-refractivity contribution >= 4 is 27.9 Å². The van der Waals surface area contributed by atoms with Crippen molar-refractivity contribution < 1.29 is 35.7 Å². The molecular weight excluding hydrogens is 627 g/mol. The Morgan fingerprint density at radius 1 is 0.957 bits per heavy atom. The minimum Gasteiger partial charge on any atom is -0.354 e. The van der Waals surface area contributed by atoms with Crippen LogP contribution in [0.5, 0.6) is 0 Å². The predicted molar refractivity (Wildman–Crippen MR) is 162 cm³/mol. The van der Waals surface area contributed by atoms with Crippen LogP contribution >= 0.6 is 0 Å². The predicted octanol–water partition coefficient (Wildman–Crippen LogP) is 3.09. The molecule has 1 aliphatic heterocycles. The normalized spacial score (nSPS) is 14.8. The molecule has 2 aromatic carbocycles. The van der Waals surface area contributed by atoms with Crippen molar-refractivity contribution in [3.63, 3.8) is 0 Å². The summed E-state index contributed by atoms with van der Waals surface area (Å²) in [6.07, 6.45) is -2.88. The molecule has 0 spiro atoms. The van der Waals surface area contributed by atoms with Gasteiger partial charge in [-0.1, -0.05) is 36.4 Å². The molecule has 16 heteroatoms. The van der Waals surface area contributed by atoms with Gasteiger partial charge in [-0.25, -0.2) is 14.8 Å². The van der Waals surface area contributed by atoms with E-state index in [2.05, 4.69) is 25.9 Å². The number of aromatic nitrogens is 2. The maximum Gasteiger partial charge on any atom is 0.451 e. The Kier molecular flexibility index (Phi) is 11.1. The maximum atomic E-state index is 13.9. The number of hydrogen-bond acceptors (Lipinski definition) is 8. The van der Waals surface area contributed by atoms with Crippen LogP contribution < -0.4 is 20.9 Å². The number of amides is 3. The van der Waals surface area contributed by atoms with Crippen LogP contribution in [0.4, 0.5) is 23.8 Å². The average Bonchev–Trinajstić information content (AvgIpc) is 3.51. The number of nitriles is 1. The second kappa shape index (κ2) is 15.0. The van der Waals surface area contributed by atoms with Crippen molar-refractivity contribution in [2.24, 2.45) is 0 Å². The molecule has 1 aromatic heterocycles. The van der Waals surface area contributed by atoms with Crippen LogP contribution in [0.2, 0.25) is 0 Å². The lowest BCUT2D eigenvalue weighted by Crippen LogP contribution is -2.44. The molecule has 1 aliphatic rings. The molecule has 244 valence electrons. The van der Waals surface area contributed by atoms with Crippen molar-refractivity contribution in [3.8, 4) is 17.3 Å². The van der Waals surface area contributed by atoms with E-state index in [1.807, 2.05) is 6.07 Å². The van der Waals surface area contributed by atoms with E-state index in [0.717, 1.165) is 11.1 Å². The molecule has 12 nitrogen and oxygen atoms in total. The van der Waals surface area contributed by atoms with E-state index in [9.17, 15) is 31.2 Å². The molecule has 46 heavy (non-hydrogen) atoms. The molecule has 0 radical (unpaired) electrons. The van der Waals surface area contributed by atoms with Gasteiger partial charge in [0.1, 0.15) is 11.9 Å². The minimum absolute atomic E-state index is 0.00430. The first-order valence-corrected chi connectivity index (χ1v) is 16.0. The number of nitrogens with one attached hydrogen (secondary N) is 3. The van der Waals surface area contributed by atoms with E-state index in [1.54, 1.807) is 53.4 Å². The summed E-state index contributed by atoms with van der Waals surface area (Å²) in [6.45, 7) is 0.594. The lowest BCUT2D eigenvalue weighted by atomic mass is 10.1. The Morgan fingerprint density at radius 2 is 1.57 bits per heavy atom. The second-order valence-electron chi connectivity index (χ2n) is 10.5. The van der Waals surface area contributed by atoms with Crippen molar-refractivity contribution in [2.45, 2.75) is 37.9 Å². The monoisotopic (exact) mass is 659 g/mol. The number of alkyl halides is 3. The number of rotatable bonds is 12. The molecule has 0 bridgehead atoms. The molecule has 3 amide bonds. The summed E-state index contributed by atoms with van der Waals surface area (Å²) in [5.41, 5.74) is 2.66. The van der Waals surface area contributed by atoms with Gasteiger partial charge in [-0.2, -0.15) is 26.9 Å². The van der Waals surface area contributed by atoms with Gasteiger partial charge in [-0.15, -0.1) is 0 Å². The number of nitrogens with zero attached hydrogens (tertiary/aromatic N) is 4. The lowest BCUT2D eigenvalue weighted by molar-refractivity contribution is -0.144. The van der Waals surface area contributed by atoms with E-state index >= 15 is 0 Å². The third kappa shape index (κ3) is 9.88. The first-order valence-electron chi connectivity index (χ1n) is 14.4. The van der Waals surface area contributed by atoms with Crippen LogP contribution in [0.1, 0.15) is 35.4 Å². The van der Waals surface area contributed by atoms with Crippen molar-refractivity contribution in [1.82, 2.24) is 25.9 Å². The number of hydrogen-bond donors (Lipinski definition) is 4. The smallest absolute Gasteiger partial charge is 0.354 e. The van der Waals surface area contributed by atoms with Gasteiger partial charge in [-0.05, 0) is 48.9 Å². The standard InChI is InChI=1S/C30H32F3N7O5S/c31-30(32,33)28-38-24(23-9-7-21(8-10-23)12-14-36-29(42)37-15-17-46(43,44)45)18-26(39-28)40-16-1-2-25(40)27(41)35-13-11-20-3-5-22(19-34)6-4-20/h3-10,18,25H,1-2,11-17H2,(H,35,41)(H2,36,37,42)(H,43,44,45). The quantitative estimate of drug-likeness (QED) is 0.213. The molecule has 0 aliphatic carbocycles. The highest BCUT2D eigenvalue weighted by molar-refractivity contribution is 7.85. The van der Waals surface area contributed by atoms with Gasteiger partial charge in [0, 0.05) is 37.8 Å². The fraction of sp³-hybridized carbons (Fsp3) is 0.367. The highest BCUT2D eigenvalue weighted by Gasteiger charge is 2.38. The summed E-state index contributed by atoms with van der Waals surface area (Å²) in [4.78, 5) is 34.0. The molecular formula is C30H32F3N7O5S.